The predicted octanol–water partition coefficient (Wildman–Crippen LogP) is 2.21. The van der Waals surface area contributed by atoms with Crippen molar-refractivity contribution >= 4 is 64.9 Å². The molecule has 0 aromatic heterocycles. The van der Waals surface area contributed by atoms with Crippen LogP contribution in [0.2, 0.25) is 0 Å². The van der Waals surface area contributed by atoms with Gasteiger partial charge in [0, 0.05) is 41.4 Å². The number of nitrogens with two attached hydrogens (primary N) is 2. The molecular weight excluding hydrogens is 845 g/mol. The lowest BCUT2D eigenvalue weighted by Gasteiger charge is -2.37. The average molecular weight is 911 g/mol. The molecular formula is C45H66N8O8S2. The highest BCUT2D eigenvalue weighted by Gasteiger charge is 2.38. The van der Waals surface area contributed by atoms with E-state index in [-0.39, 0.29) is 30.9 Å². The Bertz CT molecular complexity index is 1830. The Morgan fingerprint density at radius 3 is 2.05 bits per heavy atom. The van der Waals surface area contributed by atoms with Gasteiger partial charge in [-0.2, -0.15) is 0 Å². The molecule has 346 valence electrons. The molecule has 16 nitrogen and oxygen atoms in total. The summed E-state index contributed by atoms with van der Waals surface area (Å²) in [6.45, 7) is 6.55. The van der Waals surface area contributed by atoms with Gasteiger partial charge in [-0.1, -0.05) is 75.6 Å². The highest BCUT2D eigenvalue weighted by Crippen LogP contribution is 2.44. The number of benzene rings is 2. The summed E-state index contributed by atoms with van der Waals surface area (Å²) < 4.78 is 5.17. The molecule has 2 aromatic rings. The van der Waals surface area contributed by atoms with Crippen LogP contribution in [-0.2, 0) is 46.4 Å². The van der Waals surface area contributed by atoms with Crippen molar-refractivity contribution in [1.82, 2.24) is 31.9 Å². The highest BCUT2D eigenvalue weighted by atomic mass is 32.2. The minimum atomic E-state index is -1.47. The Morgan fingerprint density at radius 1 is 0.794 bits per heavy atom. The number of amides is 7. The molecule has 1 aliphatic heterocycles. The van der Waals surface area contributed by atoms with Gasteiger partial charge in [-0.05, 0) is 68.3 Å². The van der Waals surface area contributed by atoms with Gasteiger partial charge in [-0.25, -0.2) is 0 Å². The molecule has 5 atom stereocenters. The molecule has 2 aromatic carbocycles. The van der Waals surface area contributed by atoms with Gasteiger partial charge in [0.25, 0.3) is 0 Å². The lowest BCUT2D eigenvalue weighted by molar-refractivity contribution is -0.136. The maximum atomic E-state index is 14.5. The molecule has 1 spiro atoms. The van der Waals surface area contributed by atoms with Crippen LogP contribution in [0.4, 0.5) is 0 Å². The van der Waals surface area contributed by atoms with E-state index in [0.29, 0.717) is 43.4 Å². The second-order valence-electron chi connectivity index (χ2n) is 16.5. The summed E-state index contributed by atoms with van der Waals surface area (Å²) >= 11 is 3.04. The monoisotopic (exact) mass is 910 g/mol. The zero-order valence-corrected chi connectivity index (χ0v) is 38.3. The van der Waals surface area contributed by atoms with E-state index in [2.05, 4.69) is 31.9 Å². The molecule has 1 saturated heterocycles. The summed E-state index contributed by atoms with van der Waals surface area (Å²) in [6, 6.07) is 10.3. The Morgan fingerprint density at radius 2 is 1.41 bits per heavy atom. The van der Waals surface area contributed by atoms with Crippen LogP contribution >= 0.6 is 23.5 Å². The first-order valence-electron chi connectivity index (χ1n) is 22.0. The lowest BCUT2D eigenvalue weighted by Crippen LogP contribution is -2.61. The number of thioether (sulfide) groups is 2. The fourth-order valence-corrected chi connectivity index (χ4v) is 10.6. The number of carbonyl (C=O) groups is 7. The molecule has 10 N–H and O–H groups in total. The summed E-state index contributed by atoms with van der Waals surface area (Å²) in [5, 5.41) is 17.4. The van der Waals surface area contributed by atoms with Crippen LogP contribution in [0.25, 0.3) is 0 Å². The average Bonchev–Trinajstić information content (AvgIpc) is 3.25. The Hall–Kier alpha value is -4.81. The topological polar surface area (TPSA) is 253 Å². The minimum absolute atomic E-state index is 0.0500. The van der Waals surface area contributed by atoms with Crippen LogP contribution in [0.15, 0.2) is 54.6 Å². The van der Waals surface area contributed by atoms with Gasteiger partial charge in [0.2, 0.25) is 41.4 Å². The molecule has 1 aliphatic carbocycles. The molecule has 2 aliphatic rings. The molecule has 1 saturated carbocycles. The fraction of sp³-hybridized carbons (Fsp3) is 0.578. The van der Waals surface area contributed by atoms with Gasteiger partial charge in [-0.3, -0.25) is 33.6 Å². The first kappa shape index (κ1) is 50.8. The van der Waals surface area contributed by atoms with Gasteiger partial charge in [0.1, 0.15) is 36.0 Å². The molecule has 7 amide bonds. The van der Waals surface area contributed by atoms with E-state index in [0.717, 1.165) is 43.2 Å². The molecule has 0 bridgehead atoms. The zero-order valence-electron chi connectivity index (χ0n) is 36.7. The van der Waals surface area contributed by atoms with Crippen molar-refractivity contribution < 1.29 is 38.3 Å². The van der Waals surface area contributed by atoms with Gasteiger partial charge >= 0.3 is 0 Å². The molecule has 63 heavy (non-hydrogen) atoms. The first-order chi connectivity index (χ1) is 30.2. The third-order valence-electron chi connectivity index (χ3n) is 11.1. The minimum Gasteiger partial charge on any atom is -0.494 e. The third kappa shape index (κ3) is 17.0. The van der Waals surface area contributed by atoms with Crippen LogP contribution in [0.5, 0.6) is 5.75 Å². The van der Waals surface area contributed by atoms with E-state index < -0.39 is 82.7 Å². The largest absolute Gasteiger partial charge is 0.494 e. The maximum absolute atomic E-state index is 14.5. The second kappa shape index (κ2) is 26.1. The molecule has 18 heteroatoms. The van der Waals surface area contributed by atoms with Crippen molar-refractivity contribution in [3.05, 3.63) is 65.7 Å². The van der Waals surface area contributed by atoms with Crippen LogP contribution in [-0.4, -0.2) is 107 Å². The number of hydrogen-bond acceptors (Lipinski definition) is 11. The number of nitrogens with one attached hydrogen (secondary N) is 6. The predicted molar refractivity (Wildman–Crippen MR) is 246 cm³/mol. The number of primary amides is 1. The third-order valence-corrected chi connectivity index (χ3v) is 13.9. The second-order valence-corrected chi connectivity index (χ2v) is 19.4. The normalized spacial score (nSPS) is 23.3. The number of hydrogen-bond donors (Lipinski definition) is 8. The quantitative estimate of drug-likeness (QED) is 0.128. The highest BCUT2D eigenvalue weighted by molar-refractivity contribution is 8.16. The SMILES string of the molecule is CCOc1ccc(C[C@H]2NC(=O)CC3(CCCCC3)SCSC[C@H](C(=O)NCCCCN)NC(=O)[C@@H](CC(N)=O)NC(=O)[C@H](C(C)C)NC(=O)[C@@H](Cc3ccccc3)NC2=O)cc1. The first-order valence-corrected chi connectivity index (χ1v) is 24.1. The van der Waals surface area contributed by atoms with Gasteiger partial charge in [0.15, 0.2) is 0 Å². The summed E-state index contributed by atoms with van der Waals surface area (Å²) in [4.78, 5) is 96.7. The lowest BCUT2D eigenvalue weighted by atomic mass is 9.85. The summed E-state index contributed by atoms with van der Waals surface area (Å²) in [7, 11) is 0. The van der Waals surface area contributed by atoms with Crippen molar-refractivity contribution in [3.63, 3.8) is 0 Å². The smallest absolute Gasteiger partial charge is 0.243 e. The molecule has 0 radical (unpaired) electrons. The standard InChI is InChI=1S/C45H66N8O8S2/c1-4-61-32-17-15-31(16-18-32)24-33-41(57)50-34(23-30-13-7-5-8-14-30)43(59)53-39(29(2)3)44(60)51-35(25-37(47)54)42(58)52-36(40(56)48-22-12-11-21-46)27-62-28-63-45(26-38(55)49-33)19-9-6-10-20-45/h5,7-8,13-18,29,33-36,39H,4,6,9-12,19-28,46H2,1-3H3,(H2,47,54)(H,48,56)(H,49,55)(H,50,57)(H,51,60)(H,52,58)(H,53,59)/t33-,34-,35-,36-,39+/m1/s1. The van der Waals surface area contributed by atoms with Crippen LogP contribution in [0.1, 0.15) is 89.7 Å². The van der Waals surface area contributed by atoms with Gasteiger partial charge in [0.05, 0.1) is 13.0 Å². The molecule has 2 fully saturated rings. The van der Waals surface area contributed by atoms with E-state index in [1.165, 1.54) is 11.8 Å². The summed E-state index contributed by atoms with van der Waals surface area (Å²) in [6.07, 6.45) is 5.48. The van der Waals surface area contributed by atoms with Crippen LogP contribution in [0, 0.1) is 5.92 Å². The zero-order chi connectivity index (χ0) is 45.8. The van der Waals surface area contributed by atoms with Gasteiger partial charge < -0.3 is 48.1 Å². The van der Waals surface area contributed by atoms with Crippen molar-refractivity contribution in [2.75, 3.05) is 30.5 Å². The summed E-state index contributed by atoms with van der Waals surface area (Å²) in [5.41, 5.74) is 12.7. The van der Waals surface area contributed by atoms with Gasteiger partial charge in [-0.15, -0.1) is 23.5 Å². The van der Waals surface area contributed by atoms with Crippen LogP contribution < -0.4 is 48.1 Å². The van der Waals surface area contributed by atoms with Crippen molar-refractivity contribution in [3.8, 4) is 5.75 Å². The Kier molecular flexibility index (Phi) is 21.1. The van der Waals surface area contributed by atoms with E-state index in [1.54, 1.807) is 49.9 Å². The van der Waals surface area contributed by atoms with Crippen molar-refractivity contribution in [2.24, 2.45) is 17.4 Å². The molecule has 1 heterocycles. The van der Waals surface area contributed by atoms with E-state index in [4.69, 9.17) is 16.2 Å². The summed E-state index contributed by atoms with van der Waals surface area (Å²) in [5.74, 6) is -4.19. The maximum Gasteiger partial charge on any atom is 0.243 e. The Balaban J connectivity index is 1.74. The van der Waals surface area contributed by atoms with E-state index in [1.807, 2.05) is 37.3 Å². The van der Waals surface area contributed by atoms with Crippen molar-refractivity contribution in [1.29, 1.82) is 0 Å². The fourth-order valence-electron chi connectivity index (χ4n) is 7.62. The molecule has 4 rings (SSSR count). The Labute approximate surface area is 379 Å². The van der Waals surface area contributed by atoms with E-state index >= 15 is 0 Å². The molecule has 0 unspecified atom stereocenters. The van der Waals surface area contributed by atoms with Crippen molar-refractivity contribution in [2.45, 2.75) is 126 Å². The number of carbonyl (C=O) groups excluding carboxylic acids is 7. The number of ether oxygens (including phenoxy) is 1. The number of unbranched alkanes of at least 4 members (excludes halogenated alkanes) is 1. The number of rotatable bonds is 14. The van der Waals surface area contributed by atoms with E-state index in [9.17, 15) is 33.6 Å². The van der Waals surface area contributed by atoms with Crippen LogP contribution in [0.3, 0.4) is 0 Å².